The second-order valence-electron chi connectivity index (χ2n) is 7.28. The summed E-state index contributed by atoms with van der Waals surface area (Å²) in [7, 11) is 0. The molecule has 1 aliphatic heterocycles. The molecule has 146 valence electrons. The van der Waals surface area contributed by atoms with E-state index in [4.69, 9.17) is 0 Å². The van der Waals surface area contributed by atoms with Crippen LogP contribution in [-0.4, -0.2) is 42.3 Å². The predicted molar refractivity (Wildman–Crippen MR) is 110 cm³/mol. The van der Waals surface area contributed by atoms with Gasteiger partial charge >= 0.3 is 6.03 Å². The van der Waals surface area contributed by atoms with Gasteiger partial charge in [-0.05, 0) is 54.8 Å². The molecule has 0 radical (unpaired) electrons. The van der Waals surface area contributed by atoms with Crippen molar-refractivity contribution in [2.45, 2.75) is 26.7 Å². The van der Waals surface area contributed by atoms with Crippen molar-refractivity contribution in [1.29, 1.82) is 0 Å². The van der Waals surface area contributed by atoms with Gasteiger partial charge in [0.2, 0.25) is 5.91 Å². The Hall–Kier alpha value is -3.15. The van der Waals surface area contributed by atoms with E-state index >= 15 is 0 Å². The van der Waals surface area contributed by atoms with Gasteiger partial charge in [0.05, 0.1) is 0 Å². The summed E-state index contributed by atoms with van der Waals surface area (Å²) in [5.41, 5.74) is 3.26. The molecule has 1 saturated heterocycles. The molecule has 28 heavy (non-hydrogen) atoms. The Labute approximate surface area is 165 Å². The molecule has 1 fully saturated rings. The average Bonchev–Trinajstić information content (AvgIpc) is 3.02. The SMILES string of the molecule is CC(=O)c1ccc(NC(=O)CN2CCN(c3ccc(C(C)C)cc3)C2=O)cc1. The van der Waals surface area contributed by atoms with Gasteiger partial charge in [-0.3, -0.25) is 14.5 Å². The number of nitrogens with one attached hydrogen (secondary N) is 1. The fourth-order valence-corrected chi connectivity index (χ4v) is 3.17. The maximum Gasteiger partial charge on any atom is 0.325 e. The van der Waals surface area contributed by atoms with E-state index in [1.165, 1.54) is 17.4 Å². The van der Waals surface area contributed by atoms with Crippen LogP contribution in [0.25, 0.3) is 0 Å². The van der Waals surface area contributed by atoms with Crippen LogP contribution in [0.1, 0.15) is 42.6 Å². The molecule has 0 aliphatic carbocycles. The van der Waals surface area contributed by atoms with Crippen molar-refractivity contribution in [2.75, 3.05) is 29.9 Å². The number of hydrogen-bond acceptors (Lipinski definition) is 3. The normalized spacial score (nSPS) is 13.9. The van der Waals surface area contributed by atoms with Gasteiger partial charge in [-0.25, -0.2) is 4.79 Å². The lowest BCUT2D eigenvalue weighted by atomic mass is 10.0. The van der Waals surface area contributed by atoms with Crippen molar-refractivity contribution in [1.82, 2.24) is 4.90 Å². The van der Waals surface area contributed by atoms with Crippen molar-refractivity contribution in [2.24, 2.45) is 0 Å². The number of carbonyl (C=O) groups is 3. The van der Waals surface area contributed by atoms with E-state index in [1.54, 1.807) is 29.2 Å². The standard InChI is InChI=1S/C22H25N3O3/c1-15(2)17-6-10-20(11-7-17)25-13-12-24(22(25)28)14-21(27)23-19-8-4-18(5-9-19)16(3)26/h4-11,15H,12-14H2,1-3H3,(H,23,27). The van der Waals surface area contributed by atoms with Gasteiger partial charge in [0.15, 0.2) is 5.78 Å². The number of ketones is 1. The molecule has 3 rings (SSSR count). The largest absolute Gasteiger partial charge is 0.325 e. The molecule has 0 bridgehead atoms. The van der Waals surface area contributed by atoms with Gasteiger partial charge < -0.3 is 10.2 Å². The lowest BCUT2D eigenvalue weighted by Crippen LogP contribution is -2.37. The minimum Gasteiger partial charge on any atom is -0.325 e. The topological polar surface area (TPSA) is 69.7 Å². The molecular weight excluding hydrogens is 354 g/mol. The van der Waals surface area contributed by atoms with E-state index in [0.29, 0.717) is 30.3 Å². The van der Waals surface area contributed by atoms with E-state index in [2.05, 4.69) is 19.2 Å². The van der Waals surface area contributed by atoms with Crippen LogP contribution in [0.2, 0.25) is 0 Å². The van der Waals surface area contributed by atoms with Crippen LogP contribution in [0.3, 0.4) is 0 Å². The van der Waals surface area contributed by atoms with Crippen molar-refractivity contribution in [3.63, 3.8) is 0 Å². The van der Waals surface area contributed by atoms with Gasteiger partial charge in [0.1, 0.15) is 6.54 Å². The molecule has 1 aliphatic rings. The lowest BCUT2D eigenvalue weighted by Gasteiger charge is -2.19. The summed E-state index contributed by atoms with van der Waals surface area (Å²) < 4.78 is 0. The molecule has 2 aromatic carbocycles. The number of anilines is 2. The van der Waals surface area contributed by atoms with Crippen LogP contribution in [-0.2, 0) is 4.79 Å². The summed E-state index contributed by atoms with van der Waals surface area (Å²) >= 11 is 0. The summed E-state index contributed by atoms with van der Waals surface area (Å²) in [5.74, 6) is 0.149. The van der Waals surface area contributed by atoms with E-state index < -0.39 is 0 Å². The lowest BCUT2D eigenvalue weighted by molar-refractivity contribution is -0.116. The highest BCUT2D eigenvalue weighted by Gasteiger charge is 2.30. The first kappa shape index (κ1) is 19.6. The summed E-state index contributed by atoms with van der Waals surface area (Å²) in [6, 6.07) is 14.5. The zero-order valence-electron chi connectivity index (χ0n) is 16.4. The first-order valence-corrected chi connectivity index (χ1v) is 9.42. The Bertz CT molecular complexity index is 873. The average molecular weight is 379 g/mol. The smallest absolute Gasteiger partial charge is 0.325 e. The molecule has 0 unspecified atom stereocenters. The van der Waals surface area contributed by atoms with Gasteiger partial charge in [0, 0.05) is 30.0 Å². The Morgan fingerprint density at radius 3 is 2.21 bits per heavy atom. The Morgan fingerprint density at radius 1 is 1.00 bits per heavy atom. The van der Waals surface area contributed by atoms with Crippen molar-refractivity contribution in [3.8, 4) is 0 Å². The molecule has 2 aromatic rings. The third-order valence-electron chi connectivity index (χ3n) is 4.88. The quantitative estimate of drug-likeness (QED) is 0.774. The maximum atomic E-state index is 12.7. The number of Topliss-reactive ketones (excluding diaryl/α,β-unsaturated/α-hetero) is 1. The molecule has 6 nitrogen and oxygen atoms in total. The molecule has 1 N–H and O–H groups in total. The number of benzene rings is 2. The second-order valence-corrected chi connectivity index (χ2v) is 7.28. The summed E-state index contributed by atoms with van der Waals surface area (Å²) in [5, 5.41) is 2.77. The van der Waals surface area contributed by atoms with Gasteiger partial charge in [-0.15, -0.1) is 0 Å². The minimum absolute atomic E-state index is 0.00608. The number of nitrogens with zero attached hydrogens (tertiary/aromatic N) is 2. The number of carbonyl (C=O) groups excluding carboxylic acids is 3. The monoisotopic (exact) mass is 379 g/mol. The van der Waals surface area contributed by atoms with Crippen LogP contribution >= 0.6 is 0 Å². The van der Waals surface area contributed by atoms with Gasteiger partial charge in [-0.2, -0.15) is 0 Å². The third kappa shape index (κ3) is 4.39. The maximum absolute atomic E-state index is 12.7. The second kappa shape index (κ2) is 8.25. The molecule has 0 aromatic heterocycles. The van der Waals surface area contributed by atoms with Crippen LogP contribution in [0.15, 0.2) is 48.5 Å². The van der Waals surface area contributed by atoms with Crippen molar-refractivity contribution >= 4 is 29.1 Å². The number of amides is 3. The highest BCUT2D eigenvalue weighted by atomic mass is 16.2. The fraction of sp³-hybridized carbons (Fsp3) is 0.318. The van der Waals surface area contributed by atoms with Crippen LogP contribution in [0, 0.1) is 0 Å². The molecule has 0 atom stereocenters. The highest BCUT2D eigenvalue weighted by Crippen LogP contribution is 2.23. The number of hydrogen-bond donors (Lipinski definition) is 1. The van der Waals surface area contributed by atoms with Crippen molar-refractivity contribution in [3.05, 3.63) is 59.7 Å². The van der Waals surface area contributed by atoms with E-state index in [9.17, 15) is 14.4 Å². The van der Waals surface area contributed by atoms with E-state index in [0.717, 1.165) is 5.69 Å². The number of rotatable bonds is 6. The Morgan fingerprint density at radius 2 is 1.64 bits per heavy atom. The number of urea groups is 1. The van der Waals surface area contributed by atoms with Crippen LogP contribution < -0.4 is 10.2 Å². The zero-order chi connectivity index (χ0) is 20.3. The molecule has 0 saturated carbocycles. The summed E-state index contributed by atoms with van der Waals surface area (Å²) in [6.45, 7) is 6.80. The van der Waals surface area contributed by atoms with Crippen LogP contribution in [0.5, 0.6) is 0 Å². The van der Waals surface area contributed by atoms with Crippen molar-refractivity contribution < 1.29 is 14.4 Å². The predicted octanol–water partition coefficient (Wildman–Crippen LogP) is 3.89. The molecule has 0 spiro atoms. The Balaban J connectivity index is 1.58. The fourth-order valence-electron chi connectivity index (χ4n) is 3.17. The third-order valence-corrected chi connectivity index (χ3v) is 4.88. The van der Waals surface area contributed by atoms with E-state index in [-0.39, 0.29) is 24.3 Å². The highest BCUT2D eigenvalue weighted by molar-refractivity contribution is 6.00. The van der Waals surface area contributed by atoms with Gasteiger partial charge in [0.25, 0.3) is 0 Å². The molecular formula is C22H25N3O3. The van der Waals surface area contributed by atoms with Crippen LogP contribution in [0.4, 0.5) is 16.2 Å². The summed E-state index contributed by atoms with van der Waals surface area (Å²) in [4.78, 5) is 39.5. The molecule has 6 heteroatoms. The van der Waals surface area contributed by atoms with E-state index in [1.807, 2.05) is 24.3 Å². The zero-order valence-corrected chi connectivity index (χ0v) is 16.4. The first-order valence-electron chi connectivity index (χ1n) is 9.42. The Kier molecular flexibility index (Phi) is 5.78. The van der Waals surface area contributed by atoms with Gasteiger partial charge in [-0.1, -0.05) is 26.0 Å². The first-order chi connectivity index (χ1) is 13.3. The molecule has 1 heterocycles. The molecule has 3 amide bonds. The minimum atomic E-state index is -0.263. The summed E-state index contributed by atoms with van der Waals surface area (Å²) in [6.07, 6.45) is 0.